The quantitative estimate of drug-likeness (QED) is 0.340. The Kier molecular flexibility index (Phi) is 11.9. The molecule has 41 heavy (non-hydrogen) atoms. The minimum Gasteiger partial charge on any atom is -0.390 e. The van der Waals surface area contributed by atoms with Gasteiger partial charge in [-0.1, -0.05) is 76.2 Å². The third-order valence-electron chi connectivity index (χ3n) is 7.48. The lowest BCUT2D eigenvalue weighted by Gasteiger charge is -2.32. The summed E-state index contributed by atoms with van der Waals surface area (Å²) in [6, 6.07) is 16.5. The van der Waals surface area contributed by atoms with Crippen LogP contribution < -0.4 is 5.32 Å². The van der Waals surface area contributed by atoms with Crippen molar-refractivity contribution < 1.29 is 26.7 Å². The highest BCUT2D eigenvalue weighted by molar-refractivity contribution is 7.89. The molecular formula is C30H45N3O6S2. The van der Waals surface area contributed by atoms with E-state index in [2.05, 4.69) is 12.2 Å². The summed E-state index contributed by atoms with van der Waals surface area (Å²) in [5, 5.41) is 14.3. The van der Waals surface area contributed by atoms with E-state index in [9.17, 15) is 26.7 Å². The van der Waals surface area contributed by atoms with Crippen LogP contribution in [0.3, 0.4) is 0 Å². The second-order valence-electron chi connectivity index (χ2n) is 11.7. The van der Waals surface area contributed by atoms with E-state index >= 15 is 0 Å². The third kappa shape index (κ3) is 9.61. The molecule has 3 atom stereocenters. The van der Waals surface area contributed by atoms with E-state index in [-0.39, 0.29) is 36.1 Å². The highest BCUT2D eigenvalue weighted by atomic mass is 32.2. The Morgan fingerprint density at radius 1 is 0.951 bits per heavy atom. The molecule has 0 aliphatic carbocycles. The Bertz CT molecular complexity index is 1310. The highest BCUT2D eigenvalue weighted by Gasteiger charge is 2.34. The van der Waals surface area contributed by atoms with Gasteiger partial charge < -0.3 is 10.4 Å². The number of nitrogens with one attached hydrogen (secondary N) is 1. The van der Waals surface area contributed by atoms with Gasteiger partial charge in [-0.15, -0.1) is 0 Å². The molecule has 1 saturated heterocycles. The van der Waals surface area contributed by atoms with Crippen molar-refractivity contribution in [1.82, 2.24) is 13.9 Å². The first-order chi connectivity index (χ1) is 19.3. The number of sulfonamides is 2. The molecular weight excluding hydrogens is 562 g/mol. The predicted octanol–water partition coefficient (Wildman–Crippen LogP) is 3.12. The number of carbonyl (C=O) groups excluding carboxylic acids is 1. The zero-order chi connectivity index (χ0) is 30.2. The van der Waals surface area contributed by atoms with Gasteiger partial charge in [0.05, 0.1) is 28.7 Å². The fourth-order valence-corrected chi connectivity index (χ4v) is 8.40. The molecule has 9 nitrogen and oxygen atoms in total. The zero-order valence-electron chi connectivity index (χ0n) is 24.5. The molecule has 2 aromatic carbocycles. The Morgan fingerprint density at radius 2 is 1.51 bits per heavy atom. The van der Waals surface area contributed by atoms with Crippen LogP contribution in [0.25, 0.3) is 0 Å². The first kappa shape index (κ1) is 33.2. The summed E-state index contributed by atoms with van der Waals surface area (Å²) in [5.74, 6) is -1.22. The average molecular weight is 608 g/mol. The maximum atomic E-state index is 13.5. The number of benzene rings is 2. The molecule has 0 unspecified atom stereocenters. The number of aliphatic hydroxyl groups is 1. The maximum absolute atomic E-state index is 13.5. The number of nitrogens with zero attached hydrogens (tertiary/aromatic N) is 2. The molecule has 0 aromatic heterocycles. The van der Waals surface area contributed by atoms with Crippen LogP contribution in [0.4, 0.5) is 0 Å². The first-order valence-corrected chi connectivity index (χ1v) is 17.4. The van der Waals surface area contributed by atoms with E-state index in [4.69, 9.17) is 0 Å². The summed E-state index contributed by atoms with van der Waals surface area (Å²) in [5.41, 5.74) is 0.848. The van der Waals surface area contributed by atoms with Gasteiger partial charge in [0.1, 0.15) is 0 Å². The molecule has 0 saturated carbocycles. The molecule has 11 heteroatoms. The lowest BCUT2D eigenvalue weighted by atomic mass is 10.00. The molecule has 1 aliphatic heterocycles. The number of piperidine rings is 1. The van der Waals surface area contributed by atoms with Crippen LogP contribution in [-0.4, -0.2) is 80.5 Å². The van der Waals surface area contributed by atoms with Gasteiger partial charge in [0, 0.05) is 26.2 Å². The topological polar surface area (TPSA) is 124 Å². The smallest absolute Gasteiger partial charge is 0.243 e. The Labute approximate surface area is 246 Å². The minimum absolute atomic E-state index is 0.00847. The van der Waals surface area contributed by atoms with Crippen LogP contribution in [0.1, 0.15) is 46.1 Å². The number of rotatable bonds is 14. The monoisotopic (exact) mass is 607 g/mol. The Balaban J connectivity index is 1.79. The normalized spacial score (nSPS) is 17.8. The Hall–Kier alpha value is -2.31. The van der Waals surface area contributed by atoms with Crippen molar-refractivity contribution in [3.8, 4) is 0 Å². The van der Waals surface area contributed by atoms with Gasteiger partial charge in [-0.2, -0.15) is 4.31 Å². The SMILES string of the molecule is CC(C)CN(C[C@@H](O)[C@H](Cc1ccccc1)NC(=O)[C@@H](C)CS(=O)(=O)N1CCC(C)CC1)S(=O)(=O)c1ccccc1. The third-order valence-corrected chi connectivity index (χ3v) is 11.4. The minimum atomic E-state index is -3.91. The van der Waals surface area contributed by atoms with E-state index in [0.29, 0.717) is 19.0 Å². The van der Waals surface area contributed by atoms with E-state index < -0.39 is 44.0 Å². The van der Waals surface area contributed by atoms with Gasteiger partial charge in [0.25, 0.3) is 0 Å². The van der Waals surface area contributed by atoms with Gasteiger partial charge in [-0.3, -0.25) is 4.79 Å². The summed E-state index contributed by atoms with van der Waals surface area (Å²) in [7, 11) is -7.53. The van der Waals surface area contributed by atoms with Crippen molar-refractivity contribution in [2.24, 2.45) is 17.8 Å². The second-order valence-corrected chi connectivity index (χ2v) is 15.6. The van der Waals surface area contributed by atoms with Crippen molar-refractivity contribution in [3.63, 3.8) is 0 Å². The summed E-state index contributed by atoms with van der Waals surface area (Å²) < 4.78 is 55.8. The highest BCUT2D eigenvalue weighted by Crippen LogP contribution is 2.21. The first-order valence-electron chi connectivity index (χ1n) is 14.3. The number of hydrogen-bond acceptors (Lipinski definition) is 6. The molecule has 2 aromatic rings. The molecule has 0 radical (unpaired) electrons. The van der Waals surface area contributed by atoms with Crippen LogP contribution in [0, 0.1) is 17.8 Å². The summed E-state index contributed by atoms with van der Waals surface area (Å²) >= 11 is 0. The van der Waals surface area contributed by atoms with Crippen LogP contribution in [0.2, 0.25) is 0 Å². The molecule has 3 rings (SSSR count). The lowest BCUT2D eigenvalue weighted by Crippen LogP contribution is -2.52. The molecule has 1 heterocycles. The molecule has 1 aliphatic rings. The molecule has 0 spiro atoms. The van der Waals surface area contributed by atoms with Crippen molar-refractivity contribution in [2.75, 3.05) is 31.9 Å². The predicted molar refractivity (Wildman–Crippen MR) is 161 cm³/mol. The standard InChI is InChI=1S/C30H45N3O6S2/c1-23(2)20-33(41(38,39)27-13-9-6-10-14-27)21-29(34)28(19-26-11-7-5-8-12-26)31-30(35)25(4)22-40(36,37)32-17-15-24(3)16-18-32/h5-14,23-25,28-29,34H,15-22H2,1-4H3,(H,31,35)/t25-,28-,29+/m0/s1. The van der Waals surface area contributed by atoms with E-state index in [1.807, 2.05) is 44.2 Å². The lowest BCUT2D eigenvalue weighted by molar-refractivity contribution is -0.125. The van der Waals surface area contributed by atoms with Crippen molar-refractivity contribution in [2.45, 2.75) is 64.0 Å². The molecule has 228 valence electrons. The molecule has 0 bridgehead atoms. The van der Waals surface area contributed by atoms with Crippen LogP contribution in [-0.2, 0) is 31.3 Å². The maximum Gasteiger partial charge on any atom is 0.243 e. The molecule has 2 N–H and O–H groups in total. The summed E-state index contributed by atoms with van der Waals surface area (Å²) in [6.45, 7) is 8.32. The van der Waals surface area contributed by atoms with Gasteiger partial charge in [0.2, 0.25) is 26.0 Å². The summed E-state index contributed by atoms with van der Waals surface area (Å²) in [6.07, 6.45) is 0.593. The zero-order valence-corrected chi connectivity index (χ0v) is 26.1. The Morgan fingerprint density at radius 3 is 2.07 bits per heavy atom. The van der Waals surface area contributed by atoms with Gasteiger partial charge in [-0.05, 0) is 48.8 Å². The second kappa shape index (κ2) is 14.7. The fraction of sp³-hybridized carbons (Fsp3) is 0.567. The van der Waals surface area contributed by atoms with Crippen molar-refractivity contribution in [1.29, 1.82) is 0 Å². The molecule has 1 fully saturated rings. The van der Waals surface area contributed by atoms with E-state index in [1.165, 1.54) is 20.7 Å². The molecule has 1 amide bonds. The van der Waals surface area contributed by atoms with Crippen molar-refractivity contribution in [3.05, 3.63) is 66.2 Å². The van der Waals surface area contributed by atoms with Crippen LogP contribution in [0.15, 0.2) is 65.6 Å². The number of hydrogen-bond donors (Lipinski definition) is 2. The van der Waals surface area contributed by atoms with E-state index in [1.54, 1.807) is 25.1 Å². The van der Waals surface area contributed by atoms with Crippen molar-refractivity contribution >= 4 is 26.0 Å². The van der Waals surface area contributed by atoms with Gasteiger partial charge in [-0.25, -0.2) is 21.1 Å². The van der Waals surface area contributed by atoms with E-state index in [0.717, 1.165) is 18.4 Å². The number of aliphatic hydroxyl groups excluding tert-OH is 1. The number of amides is 1. The fourth-order valence-electron chi connectivity index (χ4n) is 4.99. The van der Waals surface area contributed by atoms with Crippen LogP contribution >= 0.6 is 0 Å². The average Bonchev–Trinajstić information content (AvgIpc) is 2.93. The number of carbonyl (C=O) groups is 1. The van der Waals surface area contributed by atoms with Gasteiger partial charge in [0.15, 0.2) is 0 Å². The largest absolute Gasteiger partial charge is 0.390 e. The van der Waals surface area contributed by atoms with Crippen LogP contribution in [0.5, 0.6) is 0 Å². The van der Waals surface area contributed by atoms with Gasteiger partial charge >= 0.3 is 0 Å². The summed E-state index contributed by atoms with van der Waals surface area (Å²) in [4.78, 5) is 13.4.